The first-order valence-corrected chi connectivity index (χ1v) is 6.74. The fourth-order valence-electron chi connectivity index (χ4n) is 2.16. The smallest absolute Gasteiger partial charge is 0.126 e. The number of aryl methyl sites for hydroxylation is 1. The van der Waals surface area contributed by atoms with E-state index in [0.717, 1.165) is 16.9 Å². The van der Waals surface area contributed by atoms with Gasteiger partial charge in [0.25, 0.3) is 0 Å². The van der Waals surface area contributed by atoms with Gasteiger partial charge in [-0.1, -0.05) is 29.3 Å². The van der Waals surface area contributed by atoms with Crippen molar-refractivity contribution in [1.29, 1.82) is 0 Å². The van der Waals surface area contributed by atoms with Gasteiger partial charge in [-0.2, -0.15) is 0 Å². The topological polar surface area (TPSA) is 21.3 Å². The highest BCUT2D eigenvalue weighted by Crippen LogP contribution is 2.29. The summed E-state index contributed by atoms with van der Waals surface area (Å²) in [5, 5.41) is 3.61. The molecule has 0 aliphatic carbocycles. The minimum absolute atomic E-state index is 0.0253. The molecule has 0 bridgehead atoms. The Kier molecular flexibility index (Phi) is 4.50. The monoisotopic (exact) mass is 293 g/mol. The van der Waals surface area contributed by atoms with Gasteiger partial charge < -0.3 is 10.1 Å². The molecule has 2 rings (SSSR count). The van der Waals surface area contributed by atoms with Gasteiger partial charge in [-0.3, -0.25) is 0 Å². The van der Waals surface area contributed by atoms with Gasteiger partial charge in [0.15, 0.2) is 0 Å². The zero-order valence-electron chi connectivity index (χ0n) is 11.7. The van der Waals surface area contributed by atoms with Crippen molar-refractivity contribution in [3.05, 3.63) is 58.4 Å². The van der Waals surface area contributed by atoms with Crippen LogP contribution in [0.5, 0.6) is 5.75 Å². The van der Waals surface area contributed by atoms with Crippen LogP contribution >= 0.6 is 11.6 Å². The predicted octanol–water partition coefficient (Wildman–Crippen LogP) is 4.97. The third-order valence-corrected chi connectivity index (χ3v) is 3.32. The molecular weight excluding hydrogens is 277 g/mol. The van der Waals surface area contributed by atoms with Crippen LogP contribution in [0, 0.1) is 12.7 Å². The molecule has 0 amide bonds. The van der Waals surface area contributed by atoms with E-state index in [-0.39, 0.29) is 11.9 Å². The normalized spacial score (nSPS) is 12.1. The maximum atomic E-state index is 13.3. The molecule has 0 heterocycles. The Morgan fingerprint density at radius 2 is 1.95 bits per heavy atom. The molecule has 20 heavy (non-hydrogen) atoms. The van der Waals surface area contributed by atoms with Crippen molar-refractivity contribution in [2.75, 3.05) is 12.4 Å². The Hall–Kier alpha value is -1.74. The molecule has 4 heteroatoms. The molecule has 0 spiro atoms. The van der Waals surface area contributed by atoms with E-state index in [1.165, 1.54) is 12.1 Å². The second-order valence-corrected chi connectivity index (χ2v) is 5.21. The molecule has 1 atom stereocenters. The molecule has 1 N–H and O–H groups in total. The lowest BCUT2D eigenvalue weighted by molar-refractivity contribution is 0.408. The Morgan fingerprint density at radius 1 is 1.20 bits per heavy atom. The first-order chi connectivity index (χ1) is 9.49. The summed E-state index contributed by atoms with van der Waals surface area (Å²) in [4.78, 5) is 0. The molecule has 0 aromatic heterocycles. The molecule has 0 radical (unpaired) electrons. The summed E-state index contributed by atoms with van der Waals surface area (Å²) >= 11 is 5.86. The number of hydrogen-bond donors (Lipinski definition) is 1. The molecule has 0 saturated carbocycles. The molecule has 1 unspecified atom stereocenters. The van der Waals surface area contributed by atoms with Crippen LogP contribution in [-0.4, -0.2) is 7.11 Å². The van der Waals surface area contributed by atoms with E-state index in [2.05, 4.69) is 11.4 Å². The van der Waals surface area contributed by atoms with Crippen molar-refractivity contribution in [2.45, 2.75) is 19.9 Å². The van der Waals surface area contributed by atoms with Crippen molar-refractivity contribution >= 4 is 17.3 Å². The lowest BCUT2D eigenvalue weighted by atomic mass is 10.0. The van der Waals surface area contributed by atoms with Crippen LogP contribution in [0.15, 0.2) is 36.4 Å². The number of ether oxygens (including phenoxy) is 1. The van der Waals surface area contributed by atoms with E-state index < -0.39 is 0 Å². The molecule has 0 aliphatic heterocycles. The molecule has 2 aromatic carbocycles. The van der Waals surface area contributed by atoms with Gasteiger partial charge >= 0.3 is 0 Å². The average Bonchev–Trinajstić information content (AvgIpc) is 2.37. The van der Waals surface area contributed by atoms with E-state index in [4.69, 9.17) is 16.3 Å². The van der Waals surface area contributed by atoms with Crippen molar-refractivity contribution < 1.29 is 9.13 Å². The Labute approximate surface area is 123 Å². The summed E-state index contributed by atoms with van der Waals surface area (Å²) in [5.41, 5.74) is 2.81. The molecular formula is C16H17ClFNO. The highest BCUT2D eigenvalue weighted by molar-refractivity contribution is 6.30. The summed E-state index contributed by atoms with van der Waals surface area (Å²) in [5.74, 6) is 0.446. The van der Waals surface area contributed by atoms with Gasteiger partial charge in [-0.25, -0.2) is 4.39 Å². The van der Waals surface area contributed by atoms with Crippen LogP contribution in [0.3, 0.4) is 0 Å². The molecule has 106 valence electrons. The van der Waals surface area contributed by atoms with E-state index in [9.17, 15) is 4.39 Å². The minimum Gasteiger partial charge on any atom is -0.496 e. The molecule has 2 nitrogen and oxygen atoms in total. The number of methoxy groups -OCH3 is 1. The second-order valence-electron chi connectivity index (χ2n) is 4.77. The number of hydrogen-bond acceptors (Lipinski definition) is 2. The van der Waals surface area contributed by atoms with Gasteiger partial charge in [0.05, 0.1) is 13.2 Å². The van der Waals surface area contributed by atoms with E-state index >= 15 is 0 Å². The van der Waals surface area contributed by atoms with Crippen molar-refractivity contribution in [3.8, 4) is 5.75 Å². The Morgan fingerprint density at radius 3 is 2.60 bits per heavy atom. The van der Waals surface area contributed by atoms with Crippen LogP contribution in [0.4, 0.5) is 10.1 Å². The first kappa shape index (κ1) is 14.7. The number of halogens is 2. The fourth-order valence-corrected chi connectivity index (χ4v) is 2.38. The number of rotatable bonds is 4. The Bertz CT molecular complexity index is 595. The predicted molar refractivity (Wildman–Crippen MR) is 81.2 cm³/mol. The lowest BCUT2D eigenvalue weighted by Crippen LogP contribution is -2.08. The second kappa shape index (κ2) is 6.14. The maximum Gasteiger partial charge on any atom is 0.126 e. The van der Waals surface area contributed by atoms with Crippen LogP contribution in [0.2, 0.25) is 5.02 Å². The summed E-state index contributed by atoms with van der Waals surface area (Å²) < 4.78 is 18.7. The highest BCUT2D eigenvalue weighted by atomic mass is 35.5. The SMILES string of the molecule is COc1ccc(C)cc1C(C)Nc1cc(F)cc(Cl)c1. The van der Waals surface area contributed by atoms with Crippen LogP contribution in [0.25, 0.3) is 0 Å². The molecule has 0 fully saturated rings. The van der Waals surface area contributed by atoms with Crippen molar-refractivity contribution in [2.24, 2.45) is 0 Å². The maximum absolute atomic E-state index is 13.3. The van der Waals surface area contributed by atoms with Crippen molar-refractivity contribution in [3.63, 3.8) is 0 Å². The van der Waals surface area contributed by atoms with Crippen molar-refractivity contribution in [1.82, 2.24) is 0 Å². The highest BCUT2D eigenvalue weighted by Gasteiger charge is 2.12. The third-order valence-electron chi connectivity index (χ3n) is 3.10. The Balaban J connectivity index is 2.27. The van der Waals surface area contributed by atoms with Gasteiger partial charge in [0.2, 0.25) is 0 Å². The van der Waals surface area contributed by atoms with Crippen LogP contribution < -0.4 is 10.1 Å². The number of nitrogens with one attached hydrogen (secondary N) is 1. The molecule has 2 aromatic rings. The van der Waals surface area contributed by atoms with E-state index in [1.807, 2.05) is 26.0 Å². The first-order valence-electron chi connectivity index (χ1n) is 6.37. The molecule has 0 saturated heterocycles. The molecule has 0 aliphatic rings. The third kappa shape index (κ3) is 3.42. The van der Waals surface area contributed by atoms with Crippen LogP contribution in [0.1, 0.15) is 24.1 Å². The number of anilines is 1. The minimum atomic E-state index is -0.358. The largest absolute Gasteiger partial charge is 0.496 e. The van der Waals surface area contributed by atoms with E-state index in [0.29, 0.717) is 10.7 Å². The van der Waals surface area contributed by atoms with Crippen LogP contribution in [-0.2, 0) is 0 Å². The average molecular weight is 294 g/mol. The zero-order chi connectivity index (χ0) is 14.7. The zero-order valence-corrected chi connectivity index (χ0v) is 12.5. The van der Waals surface area contributed by atoms with Gasteiger partial charge in [0, 0.05) is 16.3 Å². The number of benzene rings is 2. The fraction of sp³-hybridized carbons (Fsp3) is 0.250. The van der Waals surface area contributed by atoms with Gasteiger partial charge in [-0.15, -0.1) is 0 Å². The standard InChI is InChI=1S/C16H17ClFNO/c1-10-4-5-16(20-3)15(6-10)11(2)19-14-8-12(17)7-13(18)9-14/h4-9,11,19H,1-3H3. The lowest BCUT2D eigenvalue weighted by Gasteiger charge is -2.19. The van der Waals surface area contributed by atoms with Gasteiger partial charge in [-0.05, 0) is 38.1 Å². The summed E-state index contributed by atoms with van der Waals surface area (Å²) in [6, 6.07) is 10.4. The van der Waals surface area contributed by atoms with Gasteiger partial charge in [0.1, 0.15) is 11.6 Å². The summed E-state index contributed by atoms with van der Waals surface area (Å²) in [6.45, 7) is 4.02. The summed E-state index contributed by atoms with van der Waals surface area (Å²) in [7, 11) is 1.64. The quantitative estimate of drug-likeness (QED) is 0.859. The van der Waals surface area contributed by atoms with E-state index in [1.54, 1.807) is 13.2 Å². The summed E-state index contributed by atoms with van der Waals surface area (Å²) in [6.07, 6.45) is 0.